The molecule has 1 rings (SSSR count). The zero-order valence-electron chi connectivity index (χ0n) is 7.71. The third-order valence-corrected chi connectivity index (χ3v) is 2.07. The van der Waals surface area contributed by atoms with Gasteiger partial charge in [0.25, 0.3) is 0 Å². The molecule has 1 aromatic rings. The Morgan fingerprint density at radius 3 is 2.33 bits per heavy atom. The topological polar surface area (TPSA) is 124 Å². The van der Waals surface area contributed by atoms with Gasteiger partial charge in [-0.05, 0) is 6.07 Å². The number of hydrogen-bond acceptors (Lipinski definition) is 5. The van der Waals surface area contributed by atoms with Gasteiger partial charge in [-0.25, -0.2) is 0 Å². The van der Waals surface area contributed by atoms with E-state index in [4.69, 9.17) is 15.9 Å². The molecule has 0 aromatic heterocycles. The van der Waals surface area contributed by atoms with Crippen LogP contribution in [0.3, 0.4) is 0 Å². The molecular formula is C9H11NO5. The SMILES string of the molecule is NCC(C(=O)O)c1ccc(O)c(O)c1O. The van der Waals surface area contributed by atoms with Crippen molar-refractivity contribution in [1.29, 1.82) is 0 Å². The second-order valence-electron chi connectivity index (χ2n) is 3.00. The first kappa shape index (κ1) is 11.1. The first-order valence-corrected chi connectivity index (χ1v) is 4.15. The Balaban J connectivity index is 3.25. The van der Waals surface area contributed by atoms with Crippen LogP contribution in [0.2, 0.25) is 0 Å². The molecule has 1 aromatic carbocycles. The van der Waals surface area contributed by atoms with Crippen molar-refractivity contribution in [1.82, 2.24) is 0 Å². The molecule has 0 bridgehead atoms. The molecule has 1 atom stereocenters. The molecular weight excluding hydrogens is 202 g/mol. The average Bonchev–Trinajstić information content (AvgIpc) is 2.18. The van der Waals surface area contributed by atoms with Crippen LogP contribution < -0.4 is 5.73 Å². The maximum Gasteiger partial charge on any atom is 0.312 e. The molecule has 6 nitrogen and oxygen atoms in total. The predicted molar refractivity (Wildman–Crippen MR) is 50.9 cm³/mol. The second-order valence-corrected chi connectivity index (χ2v) is 3.00. The lowest BCUT2D eigenvalue weighted by molar-refractivity contribution is -0.138. The quantitative estimate of drug-likeness (QED) is 0.448. The molecule has 0 aliphatic rings. The first-order chi connectivity index (χ1) is 6.99. The van der Waals surface area contributed by atoms with Crippen LogP contribution in [0.15, 0.2) is 12.1 Å². The van der Waals surface area contributed by atoms with Gasteiger partial charge in [-0.3, -0.25) is 4.79 Å². The summed E-state index contributed by atoms with van der Waals surface area (Å²) in [4.78, 5) is 10.7. The number of carbonyl (C=O) groups is 1. The molecule has 0 saturated carbocycles. The zero-order valence-corrected chi connectivity index (χ0v) is 7.71. The Morgan fingerprint density at radius 1 is 1.27 bits per heavy atom. The van der Waals surface area contributed by atoms with Gasteiger partial charge in [0.1, 0.15) is 0 Å². The van der Waals surface area contributed by atoms with Crippen molar-refractivity contribution in [2.24, 2.45) is 5.73 Å². The third-order valence-electron chi connectivity index (χ3n) is 2.07. The molecule has 15 heavy (non-hydrogen) atoms. The van der Waals surface area contributed by atoms with Crippen molar-refractivity contribution < 1.29 is 25.2 Å². The number of carboxylic acid groups (broad SMARTS) is 1. The summed E-state index contributed by atoms with van der Waals surface area (Å²) in [6.45, 7) is -0.215. The van der Waals surface area contributed by atoms with E-state index in [1.54, 1.807) is 0 Å². The molecule has 0 heterocycles. The number of nitrogens with two attached hydrogens (primary N) is 1. The number of phenolic OH excluding ortho intramolecular Hbond substituents is 3. The Kier molecular flexibility index (Phi) is 3.01. The van der Waals surface area contributed by atoms with E-state index >= 15 is 0 Å². The molecule has 6 N–H and O–H groups in total. The fourth-order valence-corrected chi connectivity index (χ4v) is 1.23. The summed E-state index contributed by atoms with van der Waals surface area (Å²) in [5.74, 6) is -4.24. The molecule has 0 saturated heterocycles. The number of aromatic hydroxyl groups is 3. The van der Waals surface area contributed by atoms with Gasteiger partial charge in [0.15, 0.2) is 11.5 Å². The van der Waals surface area contributed by atoms with Crippen molar-refractivity contribution in [2.75, 3.05) is 6.54 Å². The van der Waals surface area contributed by atoms with E-state index < -0.39 is 29.1 Å². The fourth-order valence-electron chi connectivity index (χ4n) is 1.23. The van der Waals surface area contributed by atoms with Gasteiger partial charge in [-0.1, -0.05) is 6.07 Å². The summed E-state index contributed by atoms with van der Waals surface area (Å²) >= 11 is 0. The van der Waals surface area contributed by atoms with Gasteiger partial charge in [-0.2, -0.15) is 0 Å². The molecule has 1 unspecified atom stereocenters. The van der Waals surface area contributed by atoms with E-state index in [-0.39, 0.29) is 12.1 Å². The molecule has 0 aliphatic carbocycles. The van der Waals surface area contributed by atoms with Crippen LogP contribution in [0.25, 0.3) is 0 Å². The van der Waals surface area contributed by atoms with Crippen LogP contribution in [-0.2, 0) is 4.79 Å². The van der Waals surface area contributed by atoms with E-state index in [2.05, 4.69) is 0 Å². The zero-order chi connectivity index (χ0) is 11.6. The van der Waals surface area contributed by atoms with Gasteiger partial charge < -0.3 is 26.2 Å². The summed E-state index contributed by atoms with van der Waals surface area (Å²) in [6.07, 6.45) is 0. The molecule has 0 radical (unpaired) electrons. The van der Waals surface area contributed by atoms with Crippen LogP contribution in [0, 0.1) is 0 Å². The summed E-state index contributed by atoms with van der Waals surface area (Å²) < 4.78 is 0. The second kappa shape index (κ2) is 4.05. The van der Waals surface area contributed by atoms with Gasteiger partial charge >= 0.3 is 5.97 Å². The Labute approximate surface area is 85.2 Å². The highest BCUT2D eigenvalue weighted by Crippen LogP contribution is 2.39. The smallest absolute Gasteiger partial charge is 0.312 e. The fraction of sp³-hybridized carbons (Fsp3) is 0.222. The molecule has 0 aliphatic heterocycles. The van der Waals surface area contributed by atoms with Crippen molar-refractivity contribution in [3.63, 3.8) is 0 Å². The lowest BCUT2D eigenvalue weighted by Crippen LogP contribution is -2.21. The van der Waals surface area contributed by atoms with E-state index in [1.807, 2.05) is 0 Å². The predicted octanol–water partition coefficient (Wildman–Crippen LogP) is -0.0697. The Morgan fingerprint density at radius 2 is 1.87 bits per heavy atom. The standard InChI is InChI=1S/C9H11NO5/c10-3-5(9(14)15)4-1-2-6(11)8(13)7(4)12/h1-2,5,11-13H,3,10H2,(H,14,15). The van der Waals surface area contributed by atoms with Crippen LogP contribution >= 0.6 is 0 Å². The number of aliphatic carboxylic acids is 1. The maximum absolute atomic E-state index is 10.7. The summed E-state index contributed by atoms with van der Waals surface area (Å²) in [6, 6.07) is 2.30. The van der Waals surface area contributed by atoms with Gasteiger partial charge in [0.05, 0.1) is 5.92 Å². The van der Waals surface area contributed by atoms with Crippen LogP contribution in [0.5, 0.6) is 17.2 Å². The van der Waals surface area contributed by atoms with Gasteiger partial charge in [0.2, 0.25) is 5.75 Å². The van der Waals surface area contributed by atoms with Crippen molar-refractivity contribution in [3.8, 4) is 17.2 Å². The van der Waals surface area contributed by atoms with E-state index in [9.17, 15) is 15.0 Å². The number of rotatable bonds is 3. The van der Waals surface area contributed by atoms with Crippen molar-refractivity contribution in [2.45, 2.75) is 5.92 Å². The van der Waals surface area contributed by atoms with E-state index in [0.29, 0.717) is 0 Å². The van der Waals surface area contributed by atoms with E-state index in [0.717, 1.165) is 6.07 Å². The number of benzene rings is 1. The van der Waals surface area contributed by atoms with Gasteiger partial charge in [0, 0.05) is 12.1 Å². The summed E-state index contributed by atoms with van der Waals surface area (Å²) in [7, 11) is 0. The summed E-state index contributed by atoms with van der Waals surface area (Å²) in [5.41, 5.74) is 5.20. The molecule has 0 amide bonds. The maximum atomic E-state index is 10.7. The Bertz CT molecular complexity index is 390. The monoisotopic (exact) mass is 213 g/mol. The molecule has 82 valence electrons. The molecule has 0 spiro atoms. The van der Waals surface area contributed by atoms with Crippen molar-refractivity contribution in [3.05, 3.63) is 17.7 Å². The van der Waals surface area contributed by atoms with Gasteiger partial charge in [-0.15, -0.1) is 0 Å². The lowest BCUT2D eigenvalue weighted by atomic mass is 9.98. The average molecular weight is 213 g/mol. The third kappa shape index (κ3) is 1.94. The van der Waals surface area contributed by atoms with E-state index in [1.165, 1.54) is 6.07 Å². The number of phenols is 3. The minimum absolute atomic E-state index is 0.0275. The number of hydrogen-bond donors (Lipinski definition) is 5. The Hall–Kier alpha value is -1.95. The molecule has 6 heteroatoms. The van der Waals surface area contributed by atoms with Crippen molar-refractivity contribution >= 4 is 5.97 Å². The number of carboxylic acids is 1. The highest BCUT2D eigenvalue weighted by Gasteiger charge is 2.24. The van der Waals surface area contributed by atoms with Crippen LogP contribution in [0.1, 0.15) is 11.5 Å². The van der Waals surface area contributed by atoms with Crippen LogP contribution in [-0.4, -0.2) is 32.9 Å². The molecule has 0 fully saturated rings. The largest absolute Gasteiger partial charge is 0.504 e. The highest BCUT2D eigenvalue weighted by atomic mass is 16.4. The van der Waals surface area contributed by atoms with Crippen LogP contribution in [0.4, 0.5) is 0 Å². The minimum atomic E-state index is -1.21. The first-order valence-electron chi connectivity index (χ1n) is 4.15. The highest BCUT2D eigenvalue weighted by molar-refractivity contribution is 5.78. The lowest BCUT2D eigenvalue weighted by Gasteiger charge is -2.13. The minimum Gasteiger partial charge on any atom is -0.504 e. The normalized spacial score (nSPS) is 12.3. The summed E-state index contributed by atoms with van der Waals surface area (Å²) in [5, 5.41) is 36.4.